The fourth-order valence-corrected chi connectivity index (χ4v) is 5.15. The zero-order valence-electron chi connectivity index (χ0n) is 9.98. The van der Waals surface area contributed by atoms with Gasteiger partial charge in [0, 0.05) is 17.9 Å². The predicted octanol–water partition coefficient (Wildman–Crippen LogP) is 7.63. The number of halogens is 4. The minimum atomic E-state index is 1.08. The van der Waals surface area contributed by atoms with Gasteiger partial charge < -0.3 is 0 Å². The van der Waals surface area contributed by atoms with E-state index in [-0.39, 0.29) is 0 Å². The van der Waals surface area contributed by atoms with Crippen molar-refractivity contribution in [3.63, 3.8) is 0 Å². The van der Waals surface area contributed by atoms with Crippen LogP contribution in [0.4, 0.5) is 0 Å². The van der Waals surface area contributed by atoms with Crippen LogP contribution in [0.2, 0.25) is 0 Å². The Kier molecular flexibility index (Phi) is 3.15. The maximum Gasteiger partial charge on any atom is 0.0396 e. The summed E-state index contributed by atoms with van der Waals surface area (Å²) in [7, 11) is 0. The molecule has 0 saturated heterocycles. The van der Waals surface area contributed by atoms with Crippen LogP contribution in [0.25, 0.3) is 32.3 Å². The lowest BCUT2D eigenvalue weighted by Crippen LogP contribution is -1.87. The van der Waals surface area contributed by atoms with Crippen molar-refractivity contribution in [2.24, 2.45) is 0 Å². The summed E-state index contributed by atoms with van der Waals surface area (Å²) in [6, 6.07) is 13.0. The Labute approximate surface area is 149 Å². The molecule has 4 aromatic carbocycles. The number of rotatable bonds is 0. The van der Waals surface area contributed by atoms with Gasteiger partial charge in [0.25, 0.3) is 0 Å². The van der Waals surface area contributed by atoms with Crippen LogP contribution in [0, 0.1) is 0 Å². The zero-order chi connectivity index (χ0) is 14.0. The van der Waals surface area contributed by atoms with Gasteiger partial charge in [-0.15, -0.1) is 0 Å². The van der Waals surface area contributed by atoms with Gasteiger partial charge in [0.1, 0.15) is 0 Å². The van der Waals surface area contributed by atoms with Crippen LogP contribution in [0.1, 0.15) is 0 Å². The molecular weight excluding hydrogens is 512 g/mol. The molecule has 0 radical (unpaired) electrons. The molecule has 0 heterocycles. The third-order valence-corrected chi connectivity index (χ3v) is 7.01. The fourth-order valence-electron chi connectivity index (χ4n) is 2.82. The third-order valence-electron chi connectivity index (χ3n) is 3.69. The van der Waals surface area contributed by atoms with E-state index in [1.54, 1.807) is 0 Å². The second kappa shape index (κ2) is 4.67. The SMILES string of the molecule is Brc1cc2ccc3c(Br)cc(Br)c4ccc(c1Br)c2c34. The van der Waals surface area contributed by atoms with Gasteiger partial charge in [-0.3, -0.25) is 0 Å². The number of hydrogen-bond acceptors (Lipinski definition) is 0. The molecule has 0 aliphatic carbocycles. The van der Waals surface area contributed by atoms with Crippen molar-refractivity contribution in [2.75, 3.05) is 0 Å². The molecule has 0 fully saturated rings. The van der Waals surface area contributed by atoms with Crippen molar-refractivity contribution < 1.29 is 0 Å². The third kappa shape index (κ3) is 1.75. The molecule has 4 rings (SSSR count). The summed E-state index contributed by atoms with van der Waals surface area (Å²) in [5, 5.41) is 7.58. The Hall–Kier alpha value is -0.160. The molecule has 0 spiro atoms. The molecule has 0 aromatic heterocycles. The molecular formula is C16H6Br4. The van der Waals surface area contributed by atoms with Crippen molar-refractivity contribution in [3.8, 4) is 0 Å². The van der Waals surface area contributed by atoms with Crippen molar-refractivity contribution in [1.29, 1.82) is 0 Å². The lowest BCUT2D eigenvalue weighted by molar-refractivity contribution is 1.67. The summed E-state index contributed by atoms with van der Waals surface area (Å²) in [6.45, 7) is 0. The van der Waals surface area contributed by atoms with Crippen molar-refractivity contribution >= 4 is 96.0 Å². The maximum atomic E-state index is 3.69. The van der Waals surface area contributed by atoms with Gasteiger partial charge in [-0.1, -0.05) is 56.1 Å². The van der Waals surface area contributed by atoms with Gasteiger partial charge in [0.15, 0.2) is 0 Å². The van der Waals surface area contributed by atoms with E-state index in [1.165, 1.54) is 32.3 Å². The van der Waals surface area contributed by atoms with E-state index in [0.29, 0.717) is 0 Å². The molecule has 0 N–H and O–H groups in total. The van der Waals surface area contributed by atoms with Crippen LogP contribution in [-0.2, 0) is 0 Å². The van der Waals surface area contributed by atoms with E-state index < -0.39 is 0 Å². The lowest BCUT2D eigenvalue weighted by atomic mass is 9.94. The predicted molar refractivity (Wildman–Crippen MR) is 101 cm³/mol. The van der Waals surface area contributed by atoms with Gasteiger partial charge >= 0.3 is 0 Å². The van der Waals surface area contributed by atoms with Crippen LogP contribution >= 0.6 is 63.7 Å². The smallest absolute Gasteiger partial charge is 0.0396 e. The van der Waals surface area contributed by atoms with Crippen molar-refractivity contribution in [3.05, 3.63) is 54.3 Å². The standard InChI is InChI=1S/C16H6Br4/c17-11-6-12(18)9-3-4-10-14-7(5-13(19)16(10)20)1-2-8(11)15(9)14/h1-6H. The second-order valence-corrected chi connectivity index (χ2v) is 8.12. The van der Waals surface area contributed by atoms with E-state index in [9.17, 15) is 0 Å². The zero-order valence-corrected chi connectivity index (χ0v) is 16.3. The van der Waals surface area contributed by atoms with Gasteiger partial charge in [0.2, 0.25) is 0 Å². The Morgan fingerprint density at radius 1 is 0.550 bits per heavy atom. The summed E-state index contributed by atoms with van der Waals surface area (Å²) in [4.78, 5) is 0. The normalized spacial score (nSPS) is 12.0. The average Bonchev–Trinajstić information content (AvgIpc) is 2.43. The Morgan fingerprint density at radius 2 is 1.15 bits per heavy atom. The topological polar surface area (TPSA) is 0 Å². The van der Waals surface area contributed by atoms with Gasteiger partial charge in [-0.2, -0.15) is 0 Å². The Balaban J connectivity index is 2.45. The first-order chi connectivity index (χ1) is 9.58. The molecule has 20 heavy (non-hydrogen) atoms. The molecule has 0 nitrogen and oxygen atoms in total. The molecule has 0 atom stereocenters. The van der Waals surface area contributed by atoms with Crippen LogP contribution in [0.15, 0.2) is 54.3 Å². The molecule has 0 amide bonds. The van der Waals surface area contributed by atoms with E-state index in [2.05, 4.69) is 100 Å². The highest BCUT2D eigenvalue weighted by Crippen LogP contribution is 2.44. The quantitative estimate of drug-likeness (QED) is 0.210. The first-order valence-electron chi connectivity index (χ1n) is 5.98. The number of benzene rings is 4. The summed E-state index contributed by atoms with van der Waals surface area (Å²) in [6.07, 6.45) is 0. The average molecular weight is 518 g/mol. The number of hydrogen-bond donors (Lipinski definition) is 0. The van der Waals surface area contributed by atoms with Gasteiger partial charge in [0.05, 0.1) is 0 Å². The molecule has 0 bridgehead atoms. The van der Waals surface area contributed by atoms with E-state index in [0.717, 1.165) is 17.9 Å². The highest BCUT2D eigenvalue weighted by atomic mass is 79.9. The Morgan fingerprint density at radius 3 is 1.85 bits per heavy atom. The minimum Gasteiger partial charge on any atom is -0.0536 e. The van der Waals surface area contributed by atoms with E-state index in [1.807, 2.05) is 0 Å². The largest absolute Gasteiger partial charge is 0.0536 e. The summed E-state index contributed by atoms with van der Waals surface area (Å²) in [5.74, 6) is 0. The first-order valence-corrected chi connectivity index (χ1v) is 9.15. The molecule has 0 aliphatic rings. The van der Waals surface area contributed by atoms with E-state index >= 15 is 0 Å². The van der Waals surface area contributed by atoms with Crippen LogP contribution in [0.5, 0.6) is 0 Å². The molecule has 4 heteroatoms. The fraction of sp³-hybridized carbons (Fsp3) is 0. The summed E-state index contributed by atoms with van der Waals surface area (Å²) in [5.41, 5.74) is 0. The van der Waals surface area contributed by atoms with Gasteiger partial charge in [-0.25, -0.2) is 0 Å². The molecule has 0 aliphatic heterocycles. The highest BCUT2D eigenvalue weighted by molar-refractivity contribution is 9.13. The monoisotopic (exact) mass is 514 g/mol. The highest BCUT2D eigenvalue weighted by Gasteiger charge is 2.15. The van der Waals surface area contributed by atoms with Crippen LogP contribution in [-0.4, -0.2) is 0 Å². The minimum absolute atomic E-state index is 1.08. The molecule has 0 saturated carbocycles. The van der Waals surface area contributed by atoms with Crippen molar-refractivity contribution in [2.45, 2.75) is 0 Å². The van der Waals surface area contributed by atoms with Crippen LogP contribution in [0.3, 0.4) is 0 Å². The summed E-state index contributed by atoms with van der Waals surface area (Å²) < 4.78 is 4.42. The lowest BCUT2D eigenvalue weighted by Gasteiger charge is -2.15. The van der Waals surface area contributed by atoms with Crippen molar-refractivity contribution in [1.82, 2.24) is 0 Å². The maximum absolute atomic E-state index is 3.69. The summed E-state index contributed by atoms with van der Waals surface area (Å²) >= 11 is 14.7. The molecule has 0 unspecified atom stereocenters. The van der Waals surface area contributed by atoms with E-state index in [4.69, 9.17) is 0 Å². The molecule has 98 valence electrons. The Bertz CT molecular complexity index is 967. The van der Waals surface area contributed by atoms with Crippen LogP contribution < -0.4 is 0 Å². The van der Waals surface area contributed by atoms with Gasteiger partial charge in [-0.05, 0) is 76.3 Å². The molecule has 4 aromatic rings. The first kappa shape index (κ1) is 13.5. The second-order valence-electron chi connectivity index (χ2n) is 4.76.